The Labute approximate surface area is 115 Å². The maximum atomic E-state index is 5.59. The molecule has 0 amide bonds. The maximum Gasteiger partial charge on any atom is 0.188 e. The number of nitrogens with one attached hydrogen (secondary N) is 1. The molecule has 0 aliphatic rings. The maximum absolute atomic E-state index is 5.59. The van der Waals surface area contributed by atoms with E-state index in [1.54, 1.807) is 0 Å². The number of rotatable bonds is 8. The summed E-state index contributed by atoms with van der Waals surface area (Å²) in [6.45, 7) is 11.8. The zero-order valence-corrected chi connectivity index (χ0v) is 12.2. The lowest BCUT2D eigenvalue weighted by Gasteiger charge is -2.05. The smallest absolute Gasteiger partial charge is 0.188 e. The molecule has 0 fully saturated rings. The van der Waals surface area contributed by atoms with Gasteiger partial charge in [0.25, 0.3) is 0 Å². The van der Waals surface area contributed by atoms with Crippen LogP contribution in [0.5, 0.6) is 0 Å². The van der Waals surface area contributed by atoms with Crippen molar-refractivity contribution in [3.63, 3.8) is 0 Å². The molecule has 0 spiro atoms. The Morgan fingerprint density at radius 2 is 2.19 bits per heavy atom. The predicted octanol–water partition coefficient (Wildman–Crippen LogP) is 1.68. The van der Waals surface area contributed by atoms with Gasteiger partial charge in [0.05, 0.1) is 19.8 Å². The largest absolute Gasteiger partial charge is 0.379 e. The first-order valence-electron chi connectivity index (χ1n) is 5.03. The molecule has 0 aromatic carbocycles. The summed E-state index contributed by atoms with van der Waals surface area (Å²) < 4.78 is 5.29. The van der Waals surface area contributed by atoms with Gasteiger partial charge in [-0.2, -0.15) is 0 Å². The first-order chi connectivity index (χ1) is 7.16. The highest BCUT2D eigenvalue weighted by Crippen LogP contribution is 1.85. The van der Waals surface area contributed by atoms with E-state index >= 15 is 0 Å². The molecular formula is C11H22IN3O. The van der Waals surface area contributed by atoms with E-state index in [2.05, 4.69) is 23.5 Å². The zero-order valence-electron chi connectivity index (χ0n) is 9.87. The van der Waals surface area contributed by atoms with E-state index < -0.39 is 0 Å². The first-order valence-corrected chi connectivity index (χ1v) is 5.03. The Morgan fingerprint density at radius 3 is 2.75 bits per heavy atom. The predicted molar refractivity (Wildman–Crippen MR) is 80.4 cm³/mol. The van der Waals surface area contributed by atoms with Crippen LogP contribution in [-0.2, 0) is 4.74 Å². The van der Waals surface area contributed by atoms with E-state index in [0.29, 0.717) is 32.3 Å². The van der Waals surface area contributed by atoms with Crippen molar-refractivity contribution in [2.75, 3.05) is 26.3 Å². The highest BCUT2D eigenvalue weighted by atomic mass is 127. The molecule has 0 aliphatic carbocycles. The molecule has 0 unspecified atom stereocenters. The Balaban J connectivity index is 0. The van der Waals surface area contributed by atoms with Gasteiger partial charge in [-0.05, 0) is 13.3 Å². The molecule has 4 nitrogen and oxygen atoms in total. The van der Waals surface area contributed by atoms with Crippen LogP contribution < -0.4 is 11.1 Å². The molecule has 0 bridgehead atoms. The van der Waals surface area contributed by atoms with Crippen LogP contribution in [-0.4, -0.2) is 32.3 Å². The van der Waals surface area contributed by atoms with Crippen molar-refractivity contribution in [3.8, 4) is 0 Å². The van der Waals surface area contributed by atoms with Crippen LogP contribution in [0, 0.1) is 0 Å². The Bertz CT molecular complexity index is 229. The second kappa shape index (κ2) is 12.5. The lowest BCUT2D eigenvalue weighted by Crippen LogP contribution is -2.34. The number of hydrogen-bond acceptors (Lipinski definition) is 2. The van der Waals surface area contributed by atoms with Crippen LogP contribution in [0.3, 0.4) is 0 Å². The highest BCUT2D eigenvalue weighted by molar-refractivity contribution is 14.0. The van der Waals surface area contributed by atoms with E-state index in [-0.39, 0.29) is 24.0 Å². The van der Waals surface area contributed by atoms with Crippen molar-refractivity contribution in [1.82, 2.24) is 5.32 Å². The van der Waals surface area contributed by atoms with E-state index in [1.165, 1.54) is 0 Å². The summed E-state index contributed by atoms with van der Waals surface area (Å²) in [5.41, 5.74) is 6.58. The monoisotopic (exact) mass is 339 g/mol. The number of halogens is 1. The van der Waals surface area contributed by atoms with Crippen LogP contribution in [0.25, 0.3) is 0 Å². The standard InChI is InChI=1S/C11H21N3O.HI/c1-4-5-7-15-8-6-13-11(12)14-9-10(2)3;/h4H,1-2,5-9H2,3H3,(H3,12,13,14);1H. The zero-order chi connectivity index (χ0) is 11.5. The van der Waals surface area contributed by atoms with Crippen LogP contribution >= 0.6 is 24.0 Å². The molecule has 0 aliphatic heterocycles. The summed E-state index contributed by atoms with van der Waals surface area (Å²) in [5.74, 6) is 0.435. The van der Waals surface area contributed by atoms with Gasteiger partial charge in [0.15, 0.2) is 5.96 Å². The van der Waals surface area contributed by atoms with Crippen molar-refractivity contribution < 1.29 is 4.74 Å². The minimum atomic E-state index is 0. The average Bonchev–Trinajstić information content (AvgIpc) is 2.20. The van der Waals surface area contributed by atoms with Crippen molar-refractivity contribution in [1.29, 1.82) is 0 Å². The third kappa shape index (κ3) is 13.4. The molecule has 0 heterocycles. The van der Waals surface area contributed by atoms with Gasteiger partial charge in [0.1, 0.15) is 0 Å². The molecule has 16 heavy (non-hydrogen) atoms. The summed E-state index contributed by atoms with van der Waals surface area (Å²) >= 11 is 0. The molecule has 0 aromatic heterocycles. The van der Waals surface area contributed by atoms with Crippen molar-refractivity contribution in [2.45, 2.75) is 13.3 Å². The number of guanidine groups is 1. The fraction of sp³-hybridized carbons (Fsp3) is 0.545. The molecule has 0 rings (SSSR count). The van der Waals surface area contributed by atoms with E-state index in [9.17, 15) is 0 Å². The van der Waals surface area contributed by atoms with Crippen LogP contribution in [0.1, 0.15) is 13.3 Å². The van der Waals surface area contributed by atoms with Crippen LogP contribution in [0.15, 0.2) is 29.8 Å². The third-order valence-corrected chi connectivity index (χ3v) is 1.54. The number of nitrogens with zero attached hydrogens (tertiary/aromatic N) is 1. The van der Waals surface area contributed by atoms with Gasteiger partial charge in [-0.25, -0.2) is 4.99 Å². The summed E-state index contributed by atoms with van der Waals surface area (Å²) in [4.78, 5) is 4.07. The van der Waals surface area contributed by atoms with E-state index in [4.69, 9.17) is 10.5 Å². The van der Waals surface area contributed by atoms with Gasteiger partial charge in [0.2, 0.25) is 0 Å². The number of nitrogens with two attached hydrogens (primary N) is 1. The molecule has 0 aromatic rings. The van der Waals surface area contributed by atoms with Gasteiger partial charge in [0, 0.05) is 6.54 Å². The van der Waals surface area contributed by atoms with E-state index in [1.807, 2.05) is 13.0 Å². The normalized spacial score (nSPS) is 10.4. The minimum absolute atomic E-state index is 0. The summed E-state index contributed by atoms with van der Waals surface area (Å²) in [7, 11) is 0. The Kier molecular flexibility index (Phi) is 13.9. The van der Waals surface area contributed by atoms with Crippen molar-refractivity contribution >= 4 is 29.9 Å². The molecule has 94 valence electrons. The molecule has 0 atom stereocenters. The van der Waals surface area contributed by atoms with Crippen molar-refractivity contribution in [3.05, 3.63) is 24.8 Å². The van der Waals surface area contributed by atoms with Gasteiger partial charge in [-0.15, -0.1) is 30.6 Å². The van der Waals surface area contributed by atoms with Gasteiger partial charge in [-0.3, -0.25) is 0 Å². The second-order valence-corrected chi connectivity index (χ2v) is 3.28. The molecule has 0 radical (unpaired) electrons. The Hall–Kier alpha value is -0.560. The van der Waals surface area contributed by atoms with Gasteiger partial charge >= 0.3 is 0 Å². The van der Waals surface area contributed by atoms with Crippen LogP contribution in [0.2, 0.25) is 0 Å². The second-order valence-electron chi connectivity index (χ2n) is 3.28. The minimum Gasteiger partial charge on any atom is -0.379 e. The highest BCUT2D eigenvalue weighted by Gasteiger charge is 1.91. The van der Waals surface area contributed by atoms with Gasteiger partial charge < -0.3 is 15.8 Å². The van der Waals surface area contributed by atoms with E-state index in [0.717, 1.165) is 12.0 Å². The lowest BCUT2D eigenvalue weighted by molar-refractivity contribution is 0.143. The average molecular weight is 339 g/mol. The molecule has 5 heteroatoms. The first kappa shape index (κ1) is 17.8. The lowest BCUT2D eigenvalue weighted by atomic mass is 10.4. The fourth-order valence-electron chi connectivity index (χ4n) is 0.796. The summed E-state index contributed by atoms with van der Waals surface area (Å²) in [5, 5.41) is 2.95. The van der Waals surface area contributed by atoms with Crippen molar-refractivity contribution in [2.24, 2.45) is 10.7 Å². The third-order valence-electron chi connectivity index (χ3n) is 1.54. The SMILES string of the molecule is C=CCCOCCNC(N)=NCC(=C)C.I. The van der Waals surface area contributed by atoms with Crippen LogP contribution in [0.4, 0.5) is 0 Å². The fourth-order valence-corrected chi connectivity index (χ4v) is 0.796. The summed E-state index contributed by atoms with van der Waals surface area (Å²) in [6, 6.07) is 0. The number of hydrogen-bond donors (Lipinski definition) is 2. The number of ether oxygens (including phenoxy) is 1. The topological polar surface area (TPSA) is 59.6 Å². The Morgan fingerprint density at radius 1 is 1.50 bits per heavy atom. The quantitative estimate of drug-likeness (QED) is 0.233. The molecule has 3 N–H and O–H groups in total. The summed E-state index contributed by atoms with van der Waals surface area (Å²) in [6.07, 6.45) is 2.70. The molecule has 0 saturated carbocycles. The number of aliphatic imine (C=N–C) groups is 1. The molecule has 0 saturated heterocycles. The van der Waals surface area contributed by atoms with Gasteiger partial charge in [-0.1, -0.05) is 18.2 Å². The molecular weight excluding hydrogens is 317 g/mol.